The van der Waals surface area contributed by atoms with E-state index >= 15 is 0 Å². The Kier molecular flexibility index (Phi) is 15.8. The van der Waals surface area contributed by atoms with Crippen LogP contribution < -0.4 is 45.6 Å². The van der Waals surface area contributed by atoms with Gasteiger partial charge in [0.2, 0.25) is 0 Å². The van der Waals surface area contributed by atoms with Gasteiger partial charge >= 0.3 is 19.5 Å². The van der Waals surface area contributed by atoms with Gasteiger partial charge in [0.15, 0.2) is 5.43 Å². The molecule has 6 aromatic rings. The molecule has 5 aromatic heterocycles. The molecule has 10 nitrogen and oxygen atoms in total. The van der Waals surface area contributed by atoms with Gasteiger partial charge in [-0.25, -0.2) is 4.39 Å². The van der Waals surface area contributed by atoms with Gasteiger partial charge in [-0.15, -0.1) is 0 Å². The van der Waals surface area contributed by atoms with E-state index in [0.29, 0.717) is 24.3 Å². The second kappa shape index (κ2) is 19.7. The molecule has 51 heavy (non-hydrogen) atoms. The molecule has 8 rings (SSSR count). The number of carbonyl (C=O) groups excluding carboxylic acids is 1. The third-order valence-corrected chi connectivity index (χ3v) is 7.90. The van der Waals surface area contributed by atoms with Crippen LogP contribution in [0.15, 0.2) is 121 Å². The summed E-state index contributed by atoms with van der Waals surface area (Å²) in [5.74, 6) is -2.03. The van der Waals surface area contributed by atoms with E-state index in [1.807, 2.05) is 77.7 Å². The van der Waals surface area contributed by atoms with Crippen molar-refractivity contribution < 1.29 is 58.6 Å². The molecule has 0 bridgehead atoms. The van der Waals surface area contributed by atoms with Crippen molar-refractivity contribution in [3.8, 4) is 22.8 Å². The Balaban J connectivity index is 0.000000221. The number of carboxylic acids is 1. The predicted molar refractivity (Wildman–Crippen MR) is 181 cm³/mol. The van der Waals surface area contributed by atoms with Crippen molar-refractivity contribution in [3.05, 3.63) is 138 Å². The number of pyridine rings is 5. The standard InChI is InChI=1S/C17H18FN3O3.2C10H8N2.2ClH.Ru/c18-13-7-11-14(8-15(13)20-5-3-19-4-6-20)21(10-1-2-10)9-12(16(11)22)17(23)24;2*1-3-7-11-9(5-1)10-6-2-4-8-12-10;;;/h7-10,19H,1-6H2,(H,23,24);2*1-8H;2*1H;/q;;;;;+3/p-3. The van der Waals surface area contributed by atoms with Gasteiger partial charge in [-0.3, -0.25) is 24.7 Å². The van der Waals surface area contributed by atoms with Crippen LogP contribution in [0.2, 0.25) is 0 Å². The number of fused-ring (bicyclic) bond motifs is 1. The summed E-state index contributed by atoms with van der Waals surface area (Å²) in [6, 6.07) is 26.2. The number of hydrogen-bond donors (Lipinski definition) is 1. The zero-order valence-corrected chi connectivity index (χ0v) is 30.4. The smallest absolute Gasteiger partial charge is 1.00 e. The number of benzene rings is 1. The zero-order valence-electron chi connectivity index (χ0n) is 27.2. The Morgan fingerprint density at radius 1 is 0.745 bits per heavy atom. The van der Waals surface area contributed by atoms with E-state index in [2.05, 4.69) is 25.3 Å². The van der Waals surface area contributed by atoms with E-state index in [-0.39, 0.29) is 55.7 Å². The van der Waals surface area contributed by atoms with Crippen molar-refractivity contribution in [2.45, 2.75) is 18.9 Å². The van der Waals surface area contributed by atoms with Gasteiger partial charge in [-0.2, -0.15) is 0 Å². The van der Waals surface area contributed by atoms with Crippen LogP contribution in [0.4, 0.5) is 10.1 Å². The number of carbonyl (C=O) groups is 1. The second-order valence-electron chi connectivity index (χ2n) is 11.2. The molecule has 1 aromatic carbocycles. The van der Waals surface area contributed by atoms with Crippen LogP contribution in [0.5, 0.6) is 0 Å². The summed E-state index contributed by atoms with van der Waals surface area (Å²) in [7, 11) is 0. The summed E-state index contributed by atoms with van der Waals surface area (Å²) in [6.45, 7) is 2.92. The van der Waals surface area contributed by atoms with Gasteiger partial charge in [0.1, 0.15) is 5.82 Å². The molecule has 1 saturated carbocycles. The van der Waals surface area contributed by atoms with Gasteiger partial charge < -0.3 is 49.5 Å². The topological polar surface area (TPSA) is 129 Å². The van der Waals surface area contributed by atoms with Gasteiger partial charge in [0.05, 0.1) is 45.5 Å². The van der Waals surface area contributed by atoms with Crippen LogP contribution in [-0.4, -0.2) is 56.7 Å². The molecule has 0 spiro atoms. The van der Waals surface area contributed by atoms with Crippen LogP contribution in [0, 0.1) is 5.82 Å². The molecule has 1 aliphatic heterocycles. The van der Waals surface area contributed by atoms with E-state index < -0.39 is 22.8 Å². The molecule has 0 amide bonds. The first-order valence-corrected chi connectivity index (χ1v) is 15.7. The Hall–Kier alpha value is -4.61. The molecule has 1 radical (unpaired) electrons. The third-order valence-electron chi connectivity index (χ3n) is 7.90. The zero-order chi connectivity index (χ0) is 33.3. The van der Waals surface area contributed by atoms with Crippen molar-refractivity contribution in [1.29, 1.82) is 0 Å². The molecule has 2 aliphatic rings. The fourth-order valence-corrected chi connectivity index (χ4v) is 5.36. The fraction of sp³-hybridized carbons (Fsp3) is 0.189. The summed E-state index contributed by atoms with van der Waals surface area (Å²) >= 11 is 0. The number of halogens is 3. The number of rotatable bonds is 5. The number of piperazine rings is 1. The van der Waals surface area contributed by atoms with Gasteiger partial charge in [-0.05, 0) is 73.5 Å². The van der Waals surface area contributed by atoms with Crippen molar-refractivity contribution in [2.24, 2.45) is 0 Å². The molecule has 1 N–H and O–H groups in total. The SMILES string of the molecule is O=C([O-])c1cn(C2CC2)c2cc(N3CCNCC3)c(F)cc2c1=O.[Cl-].[Cl-].[Ru+3].c1ccc(-c2ccccn2)nc1.c1ccc(-c2ccccn2)nc1. The largest absolute Gasteiger partial charge is 3.00 e. The Bertz CT molecular complexity index is 1890. The molecule has 0 atom stereocenters. The molecular formula is C37H33Cl2FN7O3Ru. The number of aromatic carboxylic acids is 1. The molecule has 1 aliphatic carbocycles. The number of nitrogens with one attached hydrogen (secondary N) is 1. The average molecular weight is 815 g/mol. The van der Waals surface area contributed by atoms with Gasteiger partial charge in [-0.1, -0.05) is 24.3 Å². The van der Waals surface area contributed by atoms with Crippen molar-refractivity contribution >= 4 is 22.6 Å². The van der Waals surface area contributed by atoms with E-state index in [1.54, 1.807) is 35.4 Å². The first-order chi connectivity index (χ1) is 23.5. The van der Waals surface area contributed by atoms with E-state index in [1.165, 1.54) is 12.3 Å². The normalized spacial score (nSPS) is 13.1. The van der Waals surface area contributed by atoms with Crippen LogP contribution in [0.1, 0.15) is 29.2 Å². The average Bonchev–Trinajstić information content (AvgIpc) is 4.00. The quantitative estimate of drug-likeness (QED) is 0.208. The number of nitrogens with zero attached hydrogens (tertiary/aromatic N) is 6. The summed E-state index contributed by atoms with van der Waals surface area (Å²) in [4.78, 5) is 42.3. The fourth-order valence-electron chi connectivity index (χ4n) is 5.36. The minimum Gasteiger partial charge on any atom is -1.00 e. The van der Waals surface area contributed by atoms with Crippen LogP contribution in [0.3, 0.4) is 0 Å². The van der Waals surface area contributed by atoms with Crippen molar-refractivity contribution in [2.75, 3.05) is 31.1 Å². The van der Waals surface area contributed by atoms with Gasteiger partial charge in [0.25, 0.3) is 0 Å². The summed E-state index contributed by atoms with van der Waals surface area (Å²) in [6.07, 6.45) is 10.3. The summed E-state index contributed by atoms with van der Waals surface area (Å²) in [5, 5.41) is 14.5. The second-order valence-corrected chi connectivity index (χ2v) is 11.2. The molecule has 14 heteroatoms. The van der Waals surface area contributed by atoms with Crippen LogP contribution in [0.25, 0.3) is 33.7 Å². The number of carboxylic acid groups (broad SMARTS) is 1. The van der Waals surface area contributed by atoms with Crippen LogP contribution in [-0.2, 0) is 19.5 Å². The summed E-state index contributed by atoms with van der Waals surface area (Å²) < 4.78 is 16.4. The van der Waals surface area contributed by atoms with E-state index in [4.69, 9.17) is 0 Å². The minimum absolute atomic E-state index is 0. The van der Waals surface area contributed by atoms with E-state index in [0.717, 1.165) is 48.7 Å². The maximum atomic E-state index is 14.6. The number of aromatic nitrogens is 5. The molecular weight excluding hydrogens is 781 g/mol. The Morgan fingerprint density at radius 3 is 1.57 bits per heavy atom. The molecule has 1 saturated heterocycles. The van der Waals surface area contributed by atoms with E-state index in [9.17, 15) is 19.1 Å². The number of hydrogen-bond acceptors (Lipinski definition) is 9. The first-order valence-electron chi connectivity index (χ1n) is 15.7. The predicted octanol–water partition coefficient (Wildman–Crippen LogP) is -1.46. The third kappa shape index (κ3) is 10.5. The number of anilines is 1. The monoisotopic (exact) mass is 814 g/mol. The molecule has 263 valence electrons. The maximum absolute atomic E-state index is 14.6. The Morgan fingerprint density at radius 2 is 1.20 bits per heavy atom. The maximum Gasteiger partial charge on any atom is 3.00 e. The molecule has 2 fully saturated rings. The first kappa shape index (κ1) is 40.8. The molecule has 6 heterocycles. The van der Waals surface area contributed by atoms with Crippen molar-refractivity contribution in [3.63, 3.8) is 0 Å². The molecule has 0 unspecified atom stereocenters. The van der Waals surface area contributed by atoms with Crippen molar-refractivity contribution in [1.82, 2.24) is 29.8 Å². The van der Waals surface area contributed by atoms with Gasteiger partial charge in [0, 0.05) is 68.6 Å². The Labute approximate surface area is 319 Å². The minimum atomic E-state index is -1.53. The summed E-state index contributed by atoms with van der Waals surface area (Å²) in [5.41, 5.74) is 3.60. The van der Waals surface area contributed by atoms with Crippen LogP contribution >= 0.6 is 0 Å².